The molecule has 0 amide bonds. The van der Waals surface area contributed by atoms with Gasteiger partial charge in [-0.05, 0) is 38.5 Å². The Labute approximate surface area is 108 Å². The first kappa shape index (κ1) is 13.7. The fourth-order valence-corrected chi connectivity index (χ4v) is 4.86. The molecule has 0 aromatic rings. The molecule has 17 heavy (non-hydrogen) atoms. The zero-order valence-electron chi connectivity index (χ0n) is 10.7. The minimum absolute atomic E-state index is 0.401. The maximum absolute atomic E-state index is 10.6. The summed E-state index contributed by atoms with van der Waals surface area (Å²) < 4.78 is 10.4. The number of ether oxygens (including phenoxy) is 2. The van der Waals surface area contributed by atoms with Crippen LogP contribution in [0, 0.1) is 0 Å². The molecule has 100 valence electrons. The van der Waals surface area contributed by atoms with Gasteiger partial charge >= 0.3 is 0 Å². The van der Waals surface area contributed by atoms with Crippen LogP contribution in [0.15, 0.2) is 0 Å². The van der Waals surface area contributed by atoms with E-state index in [9.17, 15) is 5.11 Å². The summed E-state index contributed by atoms with van der Waals surface area (Å²) in [7, 11) is 1.68. The average Bonchev–Trinajstić information content (AvgIpc) is 2.64. The topological polar surface area (TPSA) is 38.7 Å². The SMILES string of the molecule is COCCOCCCC1(O)CC2CCC(C1)S2. The van der Waals surface area contributed by atoms with E-state index in [0.717, 1.165) is 32.3 Å². The number of hydrogen-bond acceptors (Lipinski definition) is 4. The van der Waals surface area contributed by atoms with E-state index in [2.05, 4.69) is 11.8 Å². The summed E-state index contributed by atoms with van der Waals surface area (Å²) in [6.45, 7) is 2.06. The fourth-order valence-electron chi connectivity index (χ4n) is 2.96. The van der Waals surface area contributed by atoms with Crippen LogP contribution in [0.5, 0.6) is 0 Å². The van der Waals surface area contributed by atoms with Crippen LogP contribution in [0.4, 0.5) is 0 Å². The first-order valence-electron chi connectivity index (χ1n) is 6.66. The Morgan fingerprint density at radius 2 is 1.88 bits per heavy atom. The Morgan fingerprint density at radius 1 is 1.18 bits per heavy atom. The molecule has 2 rings (SSSR count). The zero-order valence-corrected chi connectivity index (χ0v) is 11.5. The molecule has 1 N–H and O–H groups in total. The van der Waals surface area contributed by atoms with Crippen LogP contribution in [0.1, 0.15) is 38.5 Å². The molecular weight excluding hydrogens is 236 g/mol. The van der Waals surface area contributed by atoms with Crippen molar-refractivity contribution in [1.82, 2.24) is 0 Å². The Bertz CT molecular complexity index is 223. The maximum atomic E-state index is 10.6. The van der Waals surface area contributed by atoms with E-state index in [-0.39, 0.29) is 0 Å². The predicted octanol–water partition coefficient (Wildman–Crippen LogP) is 2.22. The normalized spacial score (nSPS) is 36.4. The third-order valence-corrected chi connectivity index (χ3v) is 5.35. The molecule has 2 bridgehead atoms. The molecule has 0 aromatic heterocycles. The van der Waals surface area contributed by atoms with Crippen molar-refractivity contribution in [2.24, 2.45) is 0 Å². The van der Waals surface area contributed by atoms with Crippen molar-refractivity contribution in [3.8, 4) is 0 Å². The van der Waals surface area contributed by atoms with Gasteiger partial charge in [-0.25, -0.2) is 0 Å². The molecule has 2 aliphatic rings. The van der Waals surface area contributed by atoms with Gasteiger partial charge < -0.3 is 14.6 Å². The van der Waals surface area contributed by atoms with Crippen molar-refractivity contribution in [1.29, 1.82) is 0 Å². The molecule has 0 aromatic carbocycles. The monoisotopic (exact) mass is 260 g/mol. The number of methoxy groups -OCH3 is 1. The highest BCUT2D eigenvalue weighted by atomic mass is 32.2. The number of rotatable bonds is 7. The van der Waals surface area contributed by atoms with E-state index >= 15 is 0 Å². The van der Waals surface area contributed by atoms with Crippen LogP contribution < -0.4 is 0 Å². The number of aliphatic hydroxyl groups is 1. The molecule has 0 aliphatic carbocycles. The molecule has 2 unspecified atom stereocenters. The first-order valence-corrected chi connectivity index (χ1v) is 7.61. The number of hydrogen-bond donors (Lipinski definition) is 1. The lowest BCUT2D eigenvalue weighted by atomic mass is 9.89. The van der Waals surface area contributed by atoms with Crippen molar-refractivity contribution < 1.29 is 14.6 Å². The van der Waals surface area contributed by atoms with Crippen LogP contribution in [0.3, 0.4) is 0 Å². The molecule has 2 saturated heterocycles. The maximum Gasteiger partial charge on any atom is 0.0700 e. The van der Waals surface area contributed by atoms with E-state index in [4.69, 9.17) is 9.47 Å². The summed E-state index contributed by atoms with van der Waals surface area (Å²) in [4.78, 5) is 0. The molecule has 0 spiro atoms. The Balaban J connectivity index is 1.61. The van der Waals surface area contributed by atoms with Gasteiger partial charge in [-0.1, -0.05) is 0 Å². The van der Waals surface area contributed by atoms with Gasteiger partial charge in [0, 0.05) is 24.2 Å². The molecule has 0 radical (unpaired) electrons. The lowest BCUT2D eigenvalue weighted by molar-refractivity contribution is 0.00160. The Hall–Kier alpha value is 0.230. The van der Waals surface area contributed by atoms with Crippen LogP contribution >= 0.6 is 11.8 Å². The summed E-state index contributed by atoms with van der Waals surface area (Å²) in [5.74, 6) is 0. The quantitative estimate of drug-likeness (QED) is 0.712. The summed E-state index contributed by atoms with van der Waals surface area (Å²) in [6, 6.07) is 0. The lowest BCUT2D eigenvalue weighted by Gasteiger charge is -2.36. The van der Waals surface area contributed by atoms with E-state index in [1.807, 2.05) is 0 Å². The Kier molecular flexibility index (Phi) is 5.15. The van der Waals surface area contributed by atoms with Gasteiger partial charge in [-0.2, -0.15) is 11.8 Å². The molecule has 2 heterocycles. The van der Waals surface area contributed by atoms with E-state index in [1.54, 1.807) is 7.11 Å². The van der Waals surface area contributed by atoms with Crippen molar-refractivity contribution in [3.63, 3.8) is 0 Å². The minimum atomic E-state index is -0.401. The largest absolute Gasteiger partial charge is 0.390 e. The van der Waals surface area contributed by atoms with Gasteiger partial charge in [-0.15, -0.1) is 0 Å². The van der Waals surface area contributed by atoms with Crippen molar-refractivity contribution in [2.45, 2.75) is 54.6 Å². The van der Waals surface area contributed by atoms with Crippen LogP contribution in [0.25, 0.3) is 0 Å². The Morgan fingerprint density at radius 3 is 2.53 bits per heavy atom. The molecule has 4 heteroatoms. The highest BCUT2D eigenvalue weighted by Gasteiger charge is 2.42. The second kappa shape index (κ2) is 6.41. The predicted molar refractivity (Wildman–Crippen MR) is 70.5 cm³/mol. The standard InChI is InChI=1S/C13H24O3S/c1-15-7-8-16-6-2-5-13(14)9-11-3-4-12(10-13)17-11/h11-12,14H,2-10H2,1H3. The number of thioether (sulfide) groups is 1. The highest BCUT2D eigenvalue weighted by Crippen LogP contribution is 2.48. The minimum Gasteiger partial charge on any atom is -0.390 e. The number of fused-ring (bicyclic) bond motifs is 2. The lowest BCUT2D eigenvalue weighted by Crippen LogP contribution is -2.37. The smallest absolute Gasteiger partial charge is 0.0700 e. The molecule has 2 fully saturated rings. The summed E-state index contributed by atoms with van der Waals surface area (Å²) in [6.07, 6.45) is 6.46. The summed E-state index contributed by atoms with van der Waals surface area (Å²) >= 11 is 2.10. The van der Waals surface area contributed by atoms with Gasteiger partial charge in [-0.3, -0.25) is 0 Å². The second-order valence-electron chi connectivity index (χ2n) is 5.30. The van der Waals surface area contributed by atoms with Gasteiger partial charge in [0.15, 0.2) is 0 Å². The molecule has 2 atom stereocenters. The van der Waals surface area contributed by atoms with Crippen LogP contribution in [-0.2, 0) is 9.47 Å². The van der Waals surface area contributed by atoms with Crippen LogP contribution in [0.2, 0.25) is 0 Å². The zero-order chi connectivity index (χ0) is 12.1. The molecule has 2 aliphatic heterocycles. The highest BCUT2D eigenvalue weighted by molar-refractivity contribution is 8.00. The summed E-state index contributed by atoms with van der Waals surface area (Å²) in [5.41, 5.74) is -0.401. The molecule has 0 saturated carbocycles. The van der Waals surface area contributed by atoms with E-state index < -0.39 is 5.60 Å². The van der Waals surface area contributed by atoms with E-state index in [0.29, 0.717) is 23.7 Å². The third kappa shape index (κ3) is 4.12. The van der Waals surface area contributed by atoms with Crippen molar-refractivity contribution in [2.75, 3.05) is 26.9 Å². The van der Waals surface area contributed by atoms with Crippen molar-refractivity contribution >= 4 is 11.8 Å². The van der Waals surface area contributed by atoms with Crippen molar-refractivity contribution in [3.05, 3.63) is 0 Å². The molecule has 3 nitrogen and oxygen atoms in total. The van der Waals surface area contributed by atoms with Gasteiger partial charge in [0.05, 0.1) is 18.8 Å². The first-order chi connectivity index (χ1) is 8.22. The summed E-state index contributed by atoms with van der Waals surface area (Å²) in [5, 5.41) is 12.0. The second-order valence-corrected chi connectivity index (χ2v) is 6.90. The fraction of sp³-hybridized carbons (Fsp3) is 1.00. The van der Waals surface area contributed by atoms with Gasteiger partial charge in [0.1, 0.15) is 0 Å². The molecular formula is C13H24O3S. The van der Waals surface area contributed by atoms with Gasteiger partial charge in [0.25, 0.3) is 0 Å². The van der Waals surface area contributed by atoms with Crippen LogP contribution in [-0.4, -0.2) is 48.1 Å². The average molecular weight is 260 g/mol. The van der Waals surface area contributed by atoms with Gasteiger partial charge in [0.2, 0.25) is 0 Å². The third-order valence-electron chi connectivity index (χ3n) is 3.77. The van der Waals surface area contributed by atoms with E-state index in [1.165, 1.54) is 12.8 Å².